The number of esters is 1. The van der Waals surface area contributed by atoms with Gasteiger partial charge in [-0.3, -0.25) is 4.79 Å². The number of aliphatic hydroxyl groups is 1. The van der Waals surface area contributed by atoms with Crippen molar-refractivity contribution in [2.75, 3.05) is 31.9 Å². The van der Waals surface area contributed by atoms with Gasteiger partial charge >= 0.3 is 5.97 Å². The van der Waals surface area contributed by atoms with Crippen LogP contribution in [0, 0.1) is 12.3 Å². The number of carbonyl (C=O) groups excluding carboxylic acids is 1. The van der Waals surface area contributed by atoms with E-state index >= 15 is 0 Å². The second-order valence-corrected chi connectivity index (χ2v) is 8.49. The van der Waals surface area contributed by atoms with Gasteiger partial charge in [0.25, 0.3) is 0 Å². The molecule has 6 nitrogen and oxygen atoms in total. The summed E-state index contributed by atoms with van der Waals surface area (Å²) in [4.78, 5) is 12.9. The van der Waals surface area contributed by atoms with Crippen LogP contribution >= 0.6 is 0 Å². The van der Waals surface area contributed by atoms with E-state index in [-0.39, 0.29) is 11.9 Å². The summed E-state index contributed by atoms with van der Waals surface area (Å²) in [5.74, 6) is -0.514. The van der Waals surface area contributed by atoms with Crippen LogP contribution in [0.3, 0.4) is 0 Å². The van der Waals surface area contributed by atoms with Gasteiger partial charge in [-0.05, 0) is 67.5 Å². The second kappa shape index (κ2) is 8.66. The SMILES string of the molecule is CNNc1c(NC)ccc(C(c2ccc3c(c2)C(O)CC3)C(C)(C)C(=O)OC)c1C. The smallest absolute Gasteiger partial charge is 0.312 e. The first-order chi connectivity index (χ1) is 14.3. The van der Waals surface area contributed by atoms with Gasteiger partial charge in [0, 0.05) is 20.0 Å². The van der Waals surface area contributed by atoms with E-state index in [9.17, 15) is 9.90 Å². The molecule has 0 fully saturated rings. The van der Waals surface area contributed by atoms with Crippen LogP contribution in [0.2, 0.25) is 0 Å². The van der Waals surface area contributed by atoms with Crippen LogP contribution in [0.4, 0.5) is 11.4 Å². The van der Waals surface area contributed by atoms with Crippen LogP contribution in [0.5, 0.6) is 0 Å². The van der Waals surface area contributed by atoms with Crippen molar-refractivity contribution in [1.29, 1.82) is 0 Å². The molecule has 1 aliphatic rings. The minimum Gasteiger partial charge on any atom is -0.469 e. The Balaban J connectivity index is 2.23. The molecule has 2 aromatic rings. The maximum absolute atomic E-state index is 12.9. The van der Waals surface area contributed by atoms with E-state index in [1.807, 2.05) is 34.0 Å². The normalized spacial score (nSPS) is 16.7. The summed E-state index contributed by atoms with van der Waals surface area (Å²) < 4.78 is 5.19. The monoisotopic (exact) mass is 411 g/mol. The number of carbonyl (C=O) groups is 1. The number of hydrogen-bond acceptors (Lipinski definition) is 6. The van der Waals surface area contributed by atoms with E-state index < -0.39 is 11.5 Å². The maximum Gasteiger partial charge on any atom is 0.312 e. The summed E-state index contributed by atoms with van der Waals surface area (Å²) in [6.45, 7) is 5.89. The van der Waals surface area contributed by atoms with Gasteiger partial charge in [-0.15, -0.1) is 0 Å². The average molecular weight is 412 g/mol. The molecule has 4 N–H and O–H groups in total. The topological polar surface area (TPSA) is 82.6 Å². The molecule has 30 heavy (non-hydrogen) atoms. The molecule has 162 valence electrons. The highest BCUT2D eigenvalue weighted by Crippen LogP contribution is 2.46. The summed E-state index contributed by atoms with van der Waals surface area (Å²) in [7, 11) is 5.13. The van der Waals surface area contributed by atoms with Gasteiger partial charge in [0.1, 0.15) is 0 Å². The molecule has 0 amide bonds. The largest absolute Gasteiger partial charge is 0.469 e. The van der Waals surface area contributed by atoms with Crippen LogP contribution in [0.25, 0.3) is 0 Å². The number of nitrogens with one attached hydrogen (secondary N) is 3. The van der Waals surface area contributed by atoms with E-state index in [0.29, 0.717) is 0 Å². The number of anilines is 2. The molecule has 0 aliphatic heterocycles. The van der Waals surface area contributed by atoms with Crippen molar-refractivity contribution in [3.63, 3.8) is 0 Å². The Morgan fingerprint density at radius 1 is 1.23 bits per heavy atom. The maximum atomic E-state index is 12.9. The lowest BCUT2D eigenvalue weighted by Gasteiger charge is -2.35. The average Bonchev–Trinajstić information content (AvgIpc) is 3.10. The summed E-state index contributed by atoms with van der Waals surface area (Å²) in [5, 5.41) is 13.6. The molecule has 6 heteroatoms. The summed E-state index contributed by atoms with van der Waals surface area (Å²) in [5.41, 5.74) is 12.5. The molecule has 2 atom stereocenters. The lowest BCUT2D eigenvalue weighted by atomic mass is 9.69. The first-order valence-corrected chi connectivity index (χ1v) is 10.4. The van der Waals surface area contributed by atoms with E-state index in [0.717, 1.165) is 46.5 Å². The van der Waals surface area contributed by atoms with Crippen LogP contribution in [0.15, 0.2) is 30.3 Å². The van der Waals surface area contributed by atoms with Gasteiger partial charge in [0.15, 0.2) is 0 Å². The van der Waals surface area contributed by atoms with Gasteiger partial charge in [-0.2, -0.15) is 0 Å². The van der Waals surface area contributed by atoms with Crippen molar-refractivity contribution < 1.29 is 14.6 Å². The van der Waals surface area contributed by atoms with Gasteiger partial charge in [0.2, 0.25) is 0 Å². The van der Waals surface area contributed by atoms with Gasteiger partial charge in [-0.25, -0.2) is 5.43 Å². The van der Waals surface area contributed by atoms with Crippen LogP contribution in [-0.4, -0.2) is 32.3 Å². The Morgan fingerprint density at radius 2 is 1.97 bits per heavy atom. The zero-order chi connectivity index (χ0) is 22.1. The third-order valence-electron chi connectivity index (χ3n) is 6.32. The molecule has 0 saturated heterocycles. The molecule has 0 bridgehead atoms. The standard InChI is InChI=1S/C24H33N3O3/c1-14-17(10-11-19(25-4)22(14)27-26-5)21(24(2,3)23(29)30-6)16-8-7-15-9-12-20(28)18(15)13-16/h7-8,10-11,13,20-21,25-28H,9,12H2,1-6H3. The minimum absolute atomic E-state index is 0.244. The van der Waals surface area contributed by atoms with E-state index in [1.54, 1.807) is 0 Å². The Hall–Kier alpha value is -2.57. The summed E-state index contributed by atoms with van der Waals surface area (Å²) in [6, 6.07) is 10.3. The molecule has 0 radical (unpaired) electrons. The number of hydrazine groups is 1. The lowest BCUT2D eigenvalue weighted by molar-refractivity contribution is -0.151. The second-order valence-electron chi connectivity index (χ2n) is 8.49. The number of benzene rings is 2. The van der Waals surface area contributed by atoms with Crippen LogP contribution < -0.4 is 16.2 Å². The lowest BCUT2D eigenvalue weighted by Crippen LogP contribution is -2.34. The Kier molecular flexibility index (Phi) is 6.38. The molecule has 0 heterocycles. The highest BCUT2D eigenvalue weighted by molar-refractivity contribution is 5.80. The summed E-state index contributed by atoms with van der Waals surface area (Å²) >= 11 is 0. The van der Waals surface area contributed by atoms with E-state index in [1.165, 1.54) is 12.7 Å². The number of fused-ring (bicyclic) bond motifs is 1. The number of methoxy groups -OCH3 is 1. The highest BCUT2D eigenvalue weighted by Gasteiger charge is 2.41. The predicted molar refractivity (Wildman–Crippen MR) is 121 cm³/mol. The third-order valence-corrected chi connectivity index (χ3v) is 6.32. The molecule has 0 spiro atoms. The predicted octanol–water partition coefficient (Wildman–Crippen LogP) is 3.89. The summed E-state index contributed by atoms with van der Waals surface area (Å²) in [6.07, 6.45) is 1.18. The van der Waals surface area contributed by atoms with Crippen molar-refractivity contribution in [2.24, 2.45) is 5.41 Å². The fourth-order valence-corrected chi connectivity index (χ4v) is 4.68. The van der Waals surface area contributed by atoms with Gasteiger partial charge in [0.05, 0.1) is 30.0 Å². The quantitative estimate of drug-likeness (QED) is 0.409. The Bertz CT molecular complexity index is 940. The first-order valence-electron chi connectivity index (χ1n) is 10.4. The molecular weight excluding hydrogens is 378 g/mol. The molecule has 2 aromatic carbocycles. The van der Waals surface area contributed by atoms with E-state index in [4.69, 9.17) is 4.74 Å². The third kappa shape index (κ3) is 3.77. The van der Waals surface area contributed by atoms with Gasteiger partial charge < -0.3 is 20.6 Å². The first kappa shape index (κ1) is 22.1. The number of rotatable bonds is 7. The number of aliphatic hydroxyl groups excluding tert-OH is 1. The van der Waals surface area contributed by atoms with Crippen molar-refractivity contribution in [3.05, 3.63) is 58.1 Å². The fraction of sp³-hybridized carbons (Fsp3) is 0.458. The van der Waals surface area contributed by atoms with Crippen LogP contribution in [-0.2, 0) is 16.0 Å². The minimum atomic E-state index is -0.810. The Labute approximate surface area is 179 Å². The van der Waals surface area contributed by atoms with Crippen molar-refractivity contribution in [1.82, 2.24) is 5.43 Å². The Morgan fingerprint density at radius 3 is 2.60 bits per heavy atom. The van der Waals surface area contributed by atoms with Crippen molar-refractivity contribution >= 4 is 17.3 Å². The number of hydrogen-bond donors (Lipinski definition) is 4. The van der Waals surface area contributed by atoms with Crippen molar-refractivity contribution in [2.45, 2.75) is 45.6 Å². The number of aryl methyl sites for hydroxylation is 1. The molecule has 0 saturated carbocycles. The highest BCUT2D eigenvalue weighted by atomic mass is 16.5. The zero-order valence-electron chi connectivity index (χ0n) is 18.7. The molecule has 1 aliphatic carbocycles. The molecule has 2 unspecified atom stereocenters. The fourth-order valence-electron chi connectivity index (χ4n) is 4.68. The van der Waals surface area contributed by atoms with Gasteiger partial charge in [-0.1, -0.05) is 24.3 Å². The van der Waals surface area contributed by atoms with Crippen LogP contribution in [0.1, 0.15) is 60.1 Å². The molecule has 3 rings (SSSR count). The van der Waals surface area contributed by atoms with Crippen molar-refractivity contribution in [3.8, 4) is 0 Å². The zero-order valence-corrected chi connectivity index (χ0v) is 18.7. The molecule has 0 aromatic heterocycles. The van der Waals surface area contributed by atoms with E-state index in [2.05, 4.69) is 47.4 Å². The molecular formula is C24H33N3O3. The number of ether oxygens (including phenoxy) is 1.